The van der Waals surface area contributed by atoms with Crippen molar-refractivity contribution in [2.75, 3.05) is 85.5 Å². The maximum Gasteiger partial charge on any atom is 0.0701 e. The lowest BCUT2D eigenvalue weighted by molar-refractivity contribution is -0.00669. The summed E-state index contributed by atoms with van der Waals surface area (Å²) >= 11 is 0. The molecule has 0 saturated carbocycles. The Hall–Kier alpha value is -0.240. The van der Waals surface area contributed by atoms with E-state index in [0.717, 1.165) is 59.0 Å². The molecule has 120 valence electrons. The third-order valence-corrected chi connectivity index (χ3v) is 3.47. The molecule has 0 atom stereocenters. The molecule has 6 nitrogen and oxygen atoms in total. The third-order valence-electron chi connectivity index (χ3n) is 3.47. The minimum absolute atomic E-state index is 0.656. The monoisotopic (exact) mass is 289 g/mol. The second-order valence-electron chi connectivity index (χ2n) is 4.90. The van der Waals surface area contributed by atoms with Crippen LogP contribution in [0.5, 0.6) is 0 Å². The lowest BCUT2D eigenvalue weighted by Gasteiger charge is -2.27. The third kappa shape index (κ3) is 8.84. The number of hydrogen-bond donors (Lipinski definition) is 1. The van der Waals surface area contributed by atoms with Gasteiger partial charge in [-0.05, 0) is 6.54 Å². The zero-order chi connectivity index (χ0) is 14.5. The van der Waals surface area contributed by atoms with Crippen LogP contribution in [-0.2, 0) is 14.2 Å². The molecule has 0 spiro atoms. The van der Waals surface area contributed by atoms with Gasteiger partial charge in [-0.2, -0.15) is 0 Å². The van der Waals surface area contributed by atoms with Crippen LogP contribution in [0, 0.1) is 0 Å². The molecular weight excluding hydrogens is 258 g/mol. The topological polar surface area (TPSA) is 60.2 Å². The van der Waals surface area contributed by atoms with Crippen molar-refractivity contribution in [2.45, 2.75) is 6.92 Å². The first kappa shape index (κ1) is 17.8. The van der Waals surface area contributed by atoms with Crippen molar-refractivity contribution in [1.82, 2.24) is 9.80 Å². The second kappa shape index (κ2) is 12.5. The highest BCUT2D eigenvalue weighted by molar-refractivity contribution is 4.63. The summed E-state index contributed by atoms with van der Waals surface area (Å²) in [5.41, 5.74) is 5.62. The molecule has 6 heteroatoms. The lowest BCUT2D eigenvalue weighted by Crippen LogP contribution is -2.40. The SMILES string of the molecule is CCN(CCN)CCN1CCOCCOCCOCC1. The first-order valence-electron chi connectivity index (χ1n) is 7.74. The van der Waals surface area contributed by atoms with Gasteiger partial charge >= 0.3 is 0 Å². The van der Waals surface area contributed by atoms with Gasteiger partial charge in [0.2, 0.25) is 0 Å². The largest absolute Gasteiger partial charge is 0.378 e. The first-order valence-corrected chi connectivity index (χ1v) is 7.74. The van der Waals surface area contributed by atoms with Gasteiger partial charge in [0.25, 0.3) is 0 Å². The lowest BCUT2D eigenvalue weighted by atomic mass is 10.4. The van der Waals surface area contributed by atoms with Crippen LogP contribution in [-0.4, -0.2) is 95.3 Å². The van der Waals surface area contributed by atoms with Crippen molar-refractivity contribution < 1.29 is 14.2 Å². The van der Waals surface area contributed by atoms with E-state index in [0.29, 0.717) is 26.4 Å². The molecule has 1 saturated heterocycles. The summed E-state index contributed by atoms with van der Waals surface area (Å²) in [4.78, 5) is 4.79. The molecule has 1 aliphatic heterocycles. The average Bonchev–Trinajstić information content (AvgIpc) is 2.45. The van der Waals surface area contributed by atoms with Gasteiger partial charge in [-0.25, -0.2) is 0 Å². The van der Waals surface area contributed by atoms with Crippen LogP contribution in [0.15, 0.2) is 0 Å². The Morgan fingerprint density at radius 2 is 1.45 bits per heavy atom. The molecule has 0 amide bonds. The Labute approximate surface area is 123 Å². The summed E-state index contributed by atoms with van der Waals surface area (Å²) in [6, 6.07) is 0. The van der Waals surface area contributed by atoms with Gasteiger partial charge < -0.3 is 24.8 Å². The van der Waals surface area contributed by atoms with Gasteiger partial charge in [0.1, 0.15) is 0 Å². The fourth-order valence-electron chi connectivity index (χ4n) is 2.16. The van der Waals surface area contributed by atoms with E-state index in [1.165, 1.54) is 0 Å². The molecule has 0 aliphatic carbocycles. The van der Waals surface area contributed by atoms with Crippen molar-refractivity contribution in [3.05, 3.63) is 0 Å². The predicted octanol–water partition coefficient (Wildman–Crippen LogP) is -0.368. The summed E-state index contributed by atoms with van der Waals surface area (Å²) in [6.07, 6.45) is 0. The molecular formula is C14H31N3O3. The quantitative estimate of drug-likeness (QED) is 0.720. The van der Waals surface area contributed by atoms with Crippen molar-refractivity contribution in [2.24, 2.45) is 5.73 Å². The van der Waals surface area contributed by atoms with E-state index in [4.69, 9.17) is 19.9 Å². The van der Waals surface area contributed by atoms with Gasteiger partial charge in [0.05, 0.1) is 39.6 Å². The number of nitrogens with zero attached hydrogens (tertiary/aromatic N) is 2. The molecule has 0 bridgehead atoms. The molecule has 1 aliphatic rings. The number of hydrogen-bond acceptors (Lipinski definition) is 6. The number of nitrogens with two attached hydrogens (primary N) is 1. The zero-order valence-corrected chi connectivity index (χ0v) is 12.9. The molecule has 1 heterocycles. The zero-order valence-electron chi connectivity index (χ0n) is 12.9. The molecule has 1 rings (SSSR count). The Kier molecular flexibility index (Phi) is 11.1. The van der Waals surface area contributed by atoms with E-state index < -0.39 is 0 Å². The summed E-state index contributed by atoms with van der Waals surface area (Å²) in [6.45, 7) is 13.1. The minimum Gasteiger partial charge on any atom is -0.378 e. The Balaban J connectivity index is 2.26. The van der Waals surface area contributed by atoms with E-state index >= 15 is 0 Å². The highest BCUT2D eigenvalue weighted by Crippen LogP contribution is 1.95. The fourth-order valence-corrected chi connectivity index (χ4v) is 2.16. The molecule has 20 heavy (non-hydrogen) atoms. The van der Waals surface area contributed by atoms with Gasteiger partial charge in [0, 0.05) is 39.3 Å². The van der Waals surface area contributed by atoms with Crippen molar-refractivity contribution in [3.8, 4) is 0 Å². The van der Waals surface area contributed by atoms with Crippen LogP contribution in [0.3, 0.4) is 0 Å². The smallest absolute Gasteiger partial charge is 0.0701 e. The minimum atomic E-state index is 0.656. The second-order valence-corrected chi connectivity index (χ2v) is 4.90. The number of likely N-dealkylation sites (N-methyl/N-ethyl adjacent to an activating group) is 1. The van der Waals surface area contributed by atoms with E-state index in [1.54, 1.807) is 0 Å². The Morgan fingerprint density at radius 3 is 1.95 bits per heavy atom. The number of rotatable bonds is 6. The average molecular weight is 289 g/mol. The van der Waals surface area contributed by atoms with Gasteiger partial charge in [-0.3, -0.25) is 4.90 Å². The molecule has 0 aromatic carbocycles. The molecule has 0 unspecified atom stereocenters. The number of ether oxygens (including phenoxy) is 3. The summed E-state index contributed by atoms with van der Waals surface area (Å²) < 4.78 is 16.5. The molecule has 0 aromatic heterocycles. The Bertz CT molecular complexity index is 208. The van der Waals surface area contributed by atoms with Gasteiger partial charge in [-0.15, -0.1) is 0 Å². The van der Waals surface area contributed by atoms with Crippen LogP contribution in [0.1, 0.15) is 6.92 Å². The predicted molar refractivity (Wildman–Crippen MR) is 80.1 cm³/mol. The van der Waals surface area contributed by atoms with Crippen LogP contribution < -0.4 is 5.73 Å². The van der Waals surface area contributed by atoms with Crippen molar-refractivity contribution >= 4 is 0 Å². The summed E-state index contributed by atoms with van der Waals surface area (Å²) in [7, 11) is 0. The molecule has 0 radical (unpaired) electrons. The van der Waals surface area contributed by atoms with Gasteiger partial charge in [-0.1, -0.05) is 6.92 Å². The summed E-state index contributed by atoms with van der Waals surface area (Å²) in [5.74, 6) is 0. The standard InChI is InChI=1S/C14H31N3O3/c1-2-16(4-3-15)5-6-17-7-9-18-11-13-20-14-12-19-10-8-17/h2-15H2,1H3. The molecule has 2 N–H and O–H groups in total. The molecule has 0 aromatic rings. The normalized spacial score (nSPS) is 20.6. The van der Waals surface area contributed by atoms with E-state index in [-0.39, 0.29) is 0 Å². The van der Waals surface area contributed by atoms with Crippen molar-refractivity contribution in [1.29, 1.82) is 0 Å². The van der Waals surface area contributed by atoms with Crippen LogP contribution >= 0.6 is 0 Å². The van der Waals surface area contributed by atoms with E-state index in [2.05, 4.69) is 16.7 Å². The van der Waals surface area contributed by atoms with Crippen LogP contribution in [0.4, 0.5) is 0 Å². The summed E-state index contributed by atoms with van der Waals surface area (Å²) in [5, 5.41) is 0. The van der Waals surface area contributed by atoms with Crippen molar-refractivity contribution in [3.63, 3.8) is 0 Å². The fraction of sp³-hybridized carbons (Fsp3) is 1.00. The highest BCUT2D eigenvalue weighted by atomic mass is 16.5. The molecule has 1 fully saturated rings. The Morgan fingerprint density at radius 1 is 0.900 bits per heavy atom. The van der Waals surface area contributed by atoms with Gasteiger partial charge in [0.15, 0.2) is 0 Å². The van der Waals surface area contributed by atoms with Crippen LogP contribution in [0.2, 0.25) is 0 Å². The first-order chi connectivity index (χ1) is 9.86. The maximum atomic E-state index is 5.62. The maximum absolute atomic E-state index is 5.62. The van der Waals surface area contributed by atoms with E-state index in [9.17, 15) is 0 Å². The van der Waals surface area contributed by atoms with E-state index in [1.807, 2.05) is 0 Å². The highest BCUT2D eigenvalue weighted by Gasteiger charge is 2.08. The van der Waals surface area contributed by atoms with Crippen LogP contribution in [0.25, 0.3) is 0 Å².